The molecule has 1 aromatic carbocycles. The van der Waals surface area contributed by atoms with E-state index in [0.29, 0.717) is 29.3 Å². The Labute approximate surface area is 195 Å². The Morgan fingerprint density at radius 2 is 2.00 bits per heavy atom. The van der Waals surface area contributed by atoms with Gasteiger partial charge in [0.05, 0.1) is 28.0 Å². The number of hydrogen-bond acceptors (Lipinski definition) is 7. The van der Waals surface area contributed by atoms with Crippen molar-refractivity contribution in [2.24, 2.45) is 0 Å². The number of hydrogen-bond donors (Lipinski definition) is 4. The first-order chi connectivity index (χ1) is 15.7. The molecular formula is C23H25F3N6S. The van der Waals surface area contributed by atoms with Crippen LogP contribution in [0, 0.1) is 6.92 Å². The summed E-state index contributed by atoms with van der Waals surface area (Å²) >= 11 is 4.48. The molecule has 3 aromatic rings. The van der Waals surface area contributed by atoms with E-state index in [4.69, 9.17) is 0 Å². The summed E-state index contributed by atoms with van der Waals surface area (Å²) in [7, 11) is 1.92. The van der Waals surface area contributed by atoms with Gasteiger partial charge >= 0.3 is 6.18 Å². The Bertz CT molecular complexity index is 1150. The molecular weight excluding hydrogens is 449 g/mol. The largest absolute Gasteiger partial charge is 0.416 e. The zero-order valence-electron chi connectivity index (χ0n) is 18.3. The van der Waals surface area contributed by atoms with Gasteiger partial charge in [-0.25, -0.2) is 9.97 Å². The van der Waals surface area contributed by atoms with Gasteiger partial charge in [0.2, 0.25) is 5.95 Å². The minimum atomic E-state index is -4.43. The van der Waals surface area contributed by atoms with Crippen molar-refractivity contribution in [2.45, 2.75) is 37.7 Å². The van der Waals surface area contributed by atoms with E-state index in [1.807, 2.05) is 26.2 Å². The Hall–Kier alpha value is -2.85. The second kappa shape index (κ2) is 9.56. The molecule has 1 aliphatic rings. The molecule has 0 aliphatic carbocycles. The number of anilines is 3. The normalized spacial score (nSPS) is 15.3. The van der Waals surface area contributed by atoms with E-state index in [1.165, 1.54) is 6.07 Å². The SMILES string of the molecule is CNCCCc1cnc(C)c(Nc2ncc3c(n2)-c2ccc(C(F)(F)F)cc2NC(S)C3)c1. The number of pyridine rings is 1. The molecule has 2 aromatic heterocycles. The van der Waals surface area contributed by atoms with E-state index in [1.54, 1.807) is 6.20 Å². The minimum Gasteiger partial charge on any atom is -0.373 e. The molecule has 174 valence electrons. The lowest BCUT2D eigenvalue weighted by molar-refractivity contribution is -0.137. The number of nitrogens with zero attached hydrogens (tertiary/aromatic N) is 3. The third kappa shape index (κ3) is 5.39. The first-order valence-electron chi connectivity index (χ1n) is 10.6. The number of alkyl halides is 3. The number of fused-ring (bicyclic) bond motifs is 3. The van der Waals surface area contributed by atoms with Crippen molar-refractivity contribution in [2.75, 3.05) is 24.2 Å². The van der Waals surface area contributed by atoms with Gasteiger partial charge in [-0.15, -0.1) is 0 Å². The molecule has 1 aliphatic heterocycles. The fourth-order valence-corrected chi connectivity index (χ4v) is 4.10. The van der Waals surface area contributed by atoms with Crippen LogP contribution < -0.4 is 16.0 Å². The van der Waals surface area contributed by atoms with Gasteiger partial charge < -0.3 is 16.0 Å². The van der Waals surface area contributed by atoms with Gasteiger partial charge in [-0.2, -0.15) is 25.8 Å². The fourth-order valence-electron chi connectivity index (χ4n) is 3.76. The van der Waals surface area contributed by atoms with Crippen molar-refractivity contribution in [3.63, 3.8) is 0 Å². The Morgan fingerprint density at radius 3 is 2.76 bits per heavy atom. The van der Waals surface area contributed by atoms with Crippen LogP contribution in [0.3, 0.4) is 0 Å². The maximum atomic E-state index is 13.2. The molecule has 10 heteroatoms. The topological polar surface area (TPSA) is 74.8 Å². The predicted molar refractivity (Wildman–Crippen MR) is 127 cm³/mol. The minimum absolute atomic E-state index is 0.345. The molecule has 0 fully saturated rings. The first-order valence-corrected chi connectivity index (χ1v) is 11.2. The number of aromatic nitrogens is 3. The van der Waals surface area contributed by atoms with Crippen LogP contribution in [0.4, 0.5) is 30.5 Å². The van der Waals surface area contributed by atoms with Gasteiger partial charge in [-0.05, 0) is 62.7 Å². The summed E-state index contributed by atoms with van der Waals surface area (Å²) in [6.07, 6.45) is 1.47. The highest BCUT2D eigenvalue weighted by molar-refractivity contribution is 7.81. The summed E-state index contributed by atoms with van der Waals surface area (Å²) in [5, 5.41) is 9.05. The van der Waals surface area contributed by atoms with Crippen LogP contribution >= 0.6 is 12.6 Å². The zero-order valence-corrected chi connectivity index (χ0v) is 19.2. The van der Waals surface area contributed by atoms with Gasteiger partial charge in [-0.3, -0.25) is 4.98 Å². The van der Waals surface area contributed by atoms with Crippen LogP contribution in [0.15, 0.2) is 36.7 Å². The van der Waals surface area contributed by atoms with Gasteiger partial charge in [-0.1, -0.05) is 6.07 Å². The number of rotatable bonds is 6. The van der Waals surface area contributed by atoms with E-state index >= 15 is 0 Å². The molecule has 1 unspecified atom stereocenters. The molecule has 4 rings (SSSR count). The monoisotopic (exact) mass is 474 g/mol. The molecule has 0 radical (unpaired) electrons. The van der Waals surface area contributed by atoms with Crippen molar-refractivity contribution in [3.8, 4) is 11.3 Å². The van der Waals surface area contributed by atoms with Gasteiger partial charge in [0.15, 0.2) is 0 Å². The van der Waals surface area contributed by atoms with Crippen molar-refractivity contribution in [1.82, 2.24) is 20.3 Å². The first kappa shape index (κ1) is 23.3. The molecule has 1 atom stereocenters. The maximum absolute atomic E-state index is 13.2. The zero-order chi connectivity index (χ0) is 23.6. The number of thiol groups is 1. The van der Waals surface area contributed by atoms with E-state index in [9.17, 15) is 13.2 Å². The van der Waals surface area contributed by atoms with Gasteiger partial charge in [0.25, 0.3) is 0 Å². The van der Waals surface area contributed by atoms with E-state index in [-0.39, 0.29) is 5.37 Å². The Morgan fingerprint density at radius 1 is 1.18 bits per heavy atom. The lowest BCUT2D eigenvalue weighted by atomic mass is 10.0. The van der Waals surface area contributed by atoms with Gasteiger partial charge in [0.1, 0.15) is 0 Å². The number of halogens is 3. The summed E-state index contributed by atoms with van der Waals surface area (Å²) in [5.41, 5.74) is 4.29. The van der Waals surface area contributed by atoms with Crippen LogP contribution in [0.1, 0.15) is 28.8 Å². The summed E-state index contributed by atoms with van der Waals surface area (Å²) < 4.78 is 39.7. The lowest BCUT2D eigenvalue weighted by Gasteiger charge is -2.15. The second-order valence-electron chi connectivity index (χ2n) is 8.00. The molecule has 0 amide bonds. The average Bonchev–Trinajstić information content (AvgIpc) is 2.90. The highest BCUT2D eigenvalue weighted by Gasteiger charge is 2.32. The molecule has 0 saturated heterocycles. The molecule has 0 bridgehead atoms. The molecule has 6 nitrogen and oxygen atoms in total. The van der Waals surface area contributed by atoms with Crippen LogP contribution in [-0.2, 0) is 19.0 Å². The third-order valence-corrected chi connectivity index (χ3v) is 5.80. The lowest BCUT2D eigenvalue weighted by Crippen LogP contribution is -2.14. The van der Waals surface area contributed by atoms with E-state index in [0.717, 1.165) is 54.0 Å². The summed E-state index contributed by atoms with van der Waals surface area (Å²) in [6, 6.07) is 5.65. The smallest absolute Gasteiger partial charge is 0.373 e. The maximum Gasteiger partial charge on any atom is 0.416 e. The van der Waals surface area contributed by atoms with Crippen molar-refractivity contribution < 1.29 is 13.2 Å². The Balaban J connectivity index is 1.67. The number of benzene rings is 1. The molecule has 3 N–H and O–H groups in total. The highest BCUT2D eigenvalue weighted by Crippen LogP contribution is 2.39. The standard InChI is InChI=1S/C23H25F3N6S/c1-13-18(8-14(11-28-13)4-3-7-27-2)31-22-29-12-15-9-20(33)30-19-10-16(23(24,25)26)5-6-17(19)21(15)32-22/h5-6,8,10-12,20,27,30,33H,3-4,7,9H2,1-2H3,(H,29,31,32). The molecule has 0 saturated carbocycles. The van der Waals surface area contributed by atoms with Crippen LogP contribution in [-0.4, -0.2) is 33.9 Å². The quantitative estimate of drug-likeness (QED) is 0.298. The number of nitrogens with one attached hydrogen (secondary N) is 3. The van der Waals surface area contributed by atoms with Gasteiger partial charge in [0, 0.05) is 30.1 Å². The van der Waals surface area contributed by atoms with Crippen molar-refractivity contribution >= 4 is 30.0 Å². The van der Waals surface area contributed by atoms with E-state index < -0.39 is 11.7 Å². The third-order valence-electron chi connectivity index (χ3n) is 5.48. The summed E-state index contributed by atoms with van der Waals surface area (Å²) in [6.45, 7) is 2.81. The number of aryl methyl sites for hydroxylation is 2. The van der Waals surface area contributed by atoms with Crippen molar-refractivity contribution in [3.05, 3.63) is 59.0 Å². The van der Waals surface area contributed by atoms with Crippen LogP contribution in [0.2, 0.25) is 0 Å². The van der Waals surface area contributed by atoms with Crippen LogP contribution in [0.5, 0.6) is 0 Å². The summed E-state index contributed by atoms with van der Waals surface area (Å²) in [5.74, 6) is 0.356. The molecule has 33 heavy (non-hydrogen) atoms. The average molecular weight is 475 g/mol. The molecule has 0 spiro atoms. The second-order valence-corrected chi connectivity index (χ2v) is 8.62. The summed E-state index contributed by atoms with van der Waals surface area (Å²) in [4.78, 5) is 13.6. The van der Waals surface area contributed by atoms with E-state index in [2.05, 4.69) is 43.5 Å². The fraction of sp³-hybridized carbons (Fsp3) is 0.348. The predicted octanol–water partition coefficient (Wildman–Crippen LogP) is 4.99. The Kier molecular flexibility index (Phi) is 6.76. The van der Waals surface area contributed by atoms with Crippen molar-refractivity contribution in [1.29, 1.82) is 0 Å². The highest BCUT2D eigenvalue weighted by atomic mass is 32.1. The van der Waals surface area contributed by atoms with Crippen LogP contribution in [0.25, 0.3) is 11.3 Å². The molecule has 3 heterocycles.